The zero-order valence-corrected chi connectivity index (χ0v) is 19.8. The van der Waals surface area contributed by atoms with Gasteiger partial charge in [0, 0.05) is 6.92 Å². The van der Waals surface area contributed by atoms with Gasteiger partial charge in [-0.25, -0.2) is 18.5 Å². The summed E-state index contributed by atoms with van der Waals surface area (Å²) < 4.78 is 30.9. The third-order valence-corrected chi connectivity index (χ3v) is 6.40. The number of ether oxygens (including phenoxy) is 2. The summed E-state index contributed by atoms with van der Waals surface area (Å²) in [7, 11) is 0. The molecule has 0 bridgehead atoms. The van der Waals surface area contributed by atoms with Crippen molar-refractivity contribution in [2.45, 2.75) is 31.2 Å². The Hall–Kier alpha value is -4.17. The second-order valence-electron chi connectivity index (χ2n) is 8.68. The number of nitrogens with zero attached hydrogens (tertiary/aromatic N) is 2. The van der Waals surface area contributed by atoms with Crippen molar-refractivity contribution in [1.29, 1.82) is 0 Å². The molecule has 36 heavy (non-hydrogen) atoms. The van der Waals surface area contributed by atoms with Crippen LogP contribution < -0.4 is 10.3 Å². The van der Waals surface area contributed by atoms with Crippen molar-refractivity contribution in [3.05, 3.63) is 113 Å². The number of fused-ring (bicyclic) bond motifs is 1. The lowest BCUT2D eigenvalue weighted by Gasteiger charge is -2.44. The van der Waals surface area contributed by atoms with E-state index in [0.717, 1.165) is 6.92 Å². The molecule has 1 N–H and O–H groups in total. The molecule has 3 unspecified atom stereocenters. The maximum Gasteiger partial charge on any atom is 0.352 e. The van der Waals surface area contributed by atoms with Crippen LogP contribution in [0.3, 0.4) is 0 Å². The third kappa shape index (κ3) is 3.45. The number of carbonyl (C=O) groups excluding carboxylic acids is 1. The summed E-state index contributed by atoms with van der Waals surface area (Å²) >= 11 is 0. The van der Waals surface area contributed by atoms with Gasteiger partial charge >= 0.3 is 11.5 Å². The van der Waals surface area contributed by atoms with E-state index in [9.17, 15) is 14.7 Å². The number of esters is 1. The lowest BCUT2D eigenvalue weighted by molar-refractivity contribution is -0.240. The van der Waals surface area contributed by atoms with Gasteiger partial charge in [-0.15, -0.1) is 0 Å². The summed E-state index contributed by atoms with van der Waals surface area (Å²) in [6.07, 6.45) is 0. The van der Waals surface area contributed by atoms with Gasteiger partial charge < -0.3 is 14.6 Å². The lowest BCUT2D eigenvalue weighted by Crippen LogP contribution is -2.64. The van der Waals surface area contributed by atoms with Gasteiger partial charge in [0.05, 0.1) is 23.9 Å². The van der Waals surface area contributed by atoms with E-state index in [4.69, 9.17) is 9.47 Å². The first kappa shape index (κ1) is 23.6. The fourth-order valence-electron chi connectivity index (χ4n) is 4.78. The van der Waals surface area contributed by atoms with Crippen molar-refractivity contribution in [1.82, 2.24) is 9.36 Å². The van der Waals surface area contributed by atoms with E-state index < -0.39 is 28.9 Å². The fraction of sp³-hybridized carbons (Fsp3) is 0.214. The summed E-state index contributed by atoms with van der Waals surface area (Å²) in [5.74, 6) is -5.67. The monoisotopic (exact) mass is 488 g/mol. The van der Waals surface area contributed by atoms with Crippen molar-refractivity contribution in [3.8, 4) is 17.1 Å². The molecule has 0 saturated heterocycles. The number of halogens is 1. The second-order valence-corrected chi connectivity index (χ2v) is 8.68. The lowest BCUT2D eigenvalue weighted by atomic mass is 9.74. The van der Waals surface area contributed by atoms with E-state index in [1.165, 1.54) is 9.36 Å². The fourth-order valence-corrected chi connectivity index (χ4v) is 4.78. The molecule has 0 spiro atoms. The molecule has 4 aromatic rings. The normalized spacial score (nSPS) is 22.9. The van der Waals surface area contributed by atoms with Gasteiger partial charge in [0.2, 0.25) is 5.75 Å². The second kappa shape index (κ2) is 8.80. The predicted molar refractivity (Wildman–Crippen MR) is 131 cm³/mol. The molecule has 5 rings (SSSR count). The maximum atomic E-state index is 17.2. The summed E-state index contributed by atoms with van der Waals surface area (Å²) in [6.45, 7) is 2.48. The summed E-state index contributed by atoms with van der Waals surface area (Å²) in [5, 5.41) is 11.3. The standard InChI is InChI=1S/C28H25FN2O5/c1-3-35-26(33)28(29)22(19-13-7-4-8-14-19)23-24(36-27(28,2)34)25(32)31(21-17-11-6-12-18-21)30(23)20-15-9-5-10-16-20/h4-18,22,34H,3H2,1-2H3. The summed E-state index contributed by atoms with van der Waals surface area (Å²) in [6, 6.07) is 26.2. The van der Waals surface area contributed by atoms with E-state index in [2.05, 4.69) is 0 Å². The van der Waals surface area contributed by atoms with Crippen molar-refractivity contribution in [3.63, 3.8) is 0 Å². The van der Waals surface area contributed by atoms with Gasteiger partial charge in [-0.1, -0.05) is 66.7 Å². The zero-order chi connectivity index (χ0) is 25.5. The van der Waals surface area contributed by atoms with Crippen LogP contribution in [-0.2, 0) is 9.53 Å². The maximum absolute atomic E-state index is 17.2. The number of rotatable bonds is 5. The minimum Gasteiger partial charge on any atom is -0.463 e. The van der Waals surface area contributed by atoms with Crippen LogP contribution in [0.1, 0.15) is 31.0 Å². The molecule has 3 atom stereocenters. The van der Waals surface area contributed by atoms with Crippen LogP contribution in [0.2, 0.25) is 0 Å². The topological polar surface area (TPSA) is 82.7 Å². The van der Waals surface area contributed by atoms with E-state index in [1.54, 1.807) is 85.8 Å². The van der Waals surface area contributed by atoms with Gasteiger partial charge in [-0.3, -0.25) is 4.79 Å². The quantitative estimate of drug-likeness (QED) is 0.427. The van der Waals surface area contributed by atoms with Crippen molar-refractivity contribution < 1.29 is 23.8 Å². The Labute approximate surface area is 206 Å². The van der Waals surface area contributed by atoms with Crippen LogP contribution in [0.15, 0.2) is 95.8 Å². The average molecular weight is 489 g/mol. The van der Waals surface area contributed by atoms with Crippen molar-refractivity contribution in [2.75, 3.05) is 6.61 Å². The number of benzene rings is 3. The highest BCUT2D eigenvalue weighted by atomic mass is 19.1. The Morgan fingerprint density at radius 1 is 0.944 bits per heavy atom. The minimum atomic E-state index is -3.08. The molecule has 0 saturated carbocycles. The van der Waals surface area contributed by atoms with Gasteiger partial charge in [-0.2, -0.15) is 0 Å². The largest absolute Gasteiger partial charge is 0.463 e. The molecule has 0 fully saturated rings. The number of para-hydroxylation sites is 2. The summed E-state index contributed by atoms with van der Waals surface area (Å²) in [5.41, 5.74) is -2.19. The number of alkyl halides is 1. The molecule has 184 valence electrons. The molecule has 2 heterocycles. The van der Waals surface area contributed by atoms with Gasteiger partial charge in [0.1, 0.15) is 5.69 Å². The van der Waals surface area contributed by atoms with E-state index in [1.807, 2.05) is 12.1 Å². The number of hydrogen-bond donors (Lipinski definition) is 1. The highest BCUT2D eigenvalue weighted by Crippen LogP contribution is 2.52. The Balaban J connectivity index is 1.93. The van der Waals surface area contributed by atoms with Crippen LogP contribution in [-0.4, -0.2) is 38.5 Å². The van der Waals surface area contributed by atoms with Gasteiger partial charge in [0.25, 0.3) is 11.5 Å². The number of hydrogen-bond acceptors (Lipinski definition) is 5. The highest BCUT2D eigenvalue weighted by molar-refractivity contribution is 5.84. The van der Waals surface area contributed by atoms with Gasteiger partial charge in [-0.05, 0) is 36.8 Å². The van der Waals surface area contributed by atoms with E-state index in [-0.39, 0.29) is 18.1 Å². The molecule has 1 aliphatic heterocycles. The molecular weight excluding hydrogens is 463 g/mol. The van der Waals surface area contributed by atoms with E-state index >= 15 is 4.39 Å². The minimum absolute atomic E-state index is 0.0864. The van der Waals surface area contributed by atoms with E-state index in [0.29, 0.717) is 16.9 Å². The Morgan fingerprint density at radius 2 is 1.44 bits per heavy atom. The number of aliphatic hydroxyl groups is 1. The molecule has 8 heteroatoms. The number of aromatic nitrogens is 2. The first-order valence-corrected chi connectivity index (χ1v) is 11.6. The molecule has 1 aliphatic rings. The highest BCUT2D eigenvalue weighted by Gasteiger charge is 2.68. The van der Waals surface area contributed by atoms with Crippen LogP contribution in [0.5, 0.6) is 5.75 Å². The third-order valence-electron chi connectivity index (χ3n) is 6.40. The van der Waals surface area contributed by atoms with Crippen LogP contribution in [0.4, 0.5) is 4.39 Å². The van der Waals surface area contributed by atoms with Gasteiger partial charge in [0.15, 0.2) is 0 Å². The van der Waals surface area contributed by atoms with Crippen molar-refractivity contribution in [2.24, 2.45) is 0 Å². The zero-order valence-electron chi connectivity index (χ0n) is 19.8. The molecule has 7 nitrogen and oxygen atoms in total. The molecule has 0 radical (unpaired) electrons. The van der Waals surface area contributed by atoms with Crippen LogP contribution in [0, 0.1) is 0 Å². The average Bonchev–Trinajstić information content (AvgIpc) is 3.17. The molecule has 0 aliphatic carbocycles. The SMILES string of the molecule is CCOC(=O)C1(F)C(c2ccccc2)c2c(c(=O)n(-c3ccccc3)n2-c2ccccc2)OC1(C)O. The smallest absolute Gasteiger partial charge is 0.352 e. The van der Waals surface area contributed by atoms with Crippen molar-refractivity contribution >= 4 is 5.97 Å². The molecular formula is C28H25FN2O5. The Bertz CT molecular complexity index is 1450. The Morgan fingerprint density at radius 3 is 1.97 bits per heavy atom. The summed E-state index contributed by atoms with van der Waals surface area (Å²) in [4.78, 5) is 27.1. The van der Waals surface area contributed by atoms with Crippen LogP contribution in [0.25, 0.3) is 11.4 Å². The first-order valence-electron chi connectivity index (χ1n) is 11.6. The molecule has 0 amide bonds. The first-order chi connectivity index (χ1) is 17.3. The molecule has 3 aromatic carbocycles. The van der Waals surface area contributed by atoms with Crippen LogP contribution >= 0.6 is 0 Å². The predicted octanol–water partition coefficient (Wildman–Crippen LogP) is 4.13. The molecule has 1 aromatic heterocycles. The Kier molecular flexibility index (Phi) is 5.76. The number of carbonyl (C=O) groups is 1.